The third-order valence-electron chi connectivity index (χ3n) is 3.89. The minimum atomic E-state index is -5.77. The van der Waals surface area contributed by atoms with Crippen LogP contribution in [0, 0.1) is 0 Å². The first-order valence-electron chi connectivity index (χ1n) is 8.15. The van der Waals surface area contributed by atoms with Gasteiger partial charge in [-0.1, -0.05) is 0 Å². The zero-order valence-electron chi connectivity index (χ0n) is 15.5. The van der Waals surface area contributed by atoms with Crippen LogP contribution in [-0.2, 0) is 36.4 Å². The van der Waals surface area contributed by atoms with Gasteiger partial charge >= 0.3 is 23.5 Å². The quantitative estimate of drug-likeness (QED) is 0.113. The van der Waals surface area contributed by atoms with Crippen molar-refractivity contribution < 1.29 is 61.1 Å². The molecule has 3 unspecified atom stereocenters. The highest BCUT2D eigenvalue weighted by Gasteiger charge is 2.47. The van der Waals surface area contributed by atoms with E-state index in [0.29, 0.717) is 0 Å². The first-order valence-corrected chi connectivity index (χ1v) is 12.7. The fourth-order valence-corrected chi connectivity index (χ4v) is 5.86. The molecule has 0 spiro atoms. The summed E-state index contributed by atoms with van der Waals surface area (Å²) in [4.78, 5) is 52.1. The van der Waals surface area contributed by atoms with Gasteiger partial charge in [0.05, 0.1) is 12.4 Å². The third kappa shape index (κ3) is 5.93. The topological polar surface area (TPSA) is 294 Å². The number of fused-ring (bicyclic) bond motifs is 1. The Morgan fingerprint density at radius 2 is 1.81 bits per heavy atom. The van der Waals surface area contributed by atoms with Crippen LogP contribution in [0.5, 0.6) is 0 Å². The second-order valence-electron chi connectivity index (χ2n) is 6.14. The van der Waals surface area contributed by atoms with Crippen molar-refractivity contribution in [3.8, 4) is 0 Å². The molecule has 9 N–H and O–H groups in total. The summed E-state index contributed by atoms with van der Waals surface area (Å²) < 4.78 is 52.7. The van der Waals surface area contributed by atoms with Crippen molar-refractivity contribution in [3.63, 3.8) is 0 Å². The van der Waals surface area contributed by atoms with Crippen molar-refractivity contribution in [1.29, 1.82) is 0 Å². The molecule has 0 bridgehead atoms. The Bertz CT molecular complexity index is 1120. The van der Waals surface area contributed by atoms with Crippen LogP contribution < -0.4 is 11.6 Å². The summed E-state index contributed by atoms with van der Waals surface area (Å²) in [6, 6.07) is 0. The van der Waals surface area contributed by atoms with Crippen LogP contribution in [0.15, 0.2) is 12.7 Å². The lowest BCUT2D eigenvalue weighted by molar-refractivity contribution is -0.190. The van der Waals surface area contributed by atoms with Gasteiger partial charge in [0.1, 0.15) is 24.2 Å². The number of rotatable bonds is 9. The van der Waals surface area contributed by atoms with Gasteiger partial charge in [-0.3, -0.25) is 13.9 Å². The lowest BCUT2D eigenvalue weighted by Gasteiger charge is -2.25. The van der Waals surface area contributed by atoms with Gasteiger partial charge in [0.2, 0.25) is 6.29 Å². The number of nitrogens with zero attached hydrogens (tertiary/aromatic N) is 4. The summed E-state index contributed by atoms with van der Waals surface area (Å²) in [6.07, 6.45) is -3.67. The molecule has 0 aromatic carbocycles. The number of aliphatic hydroxyl groups excluding tert-OH is 1. The van der Waals surface area contributed by atoms with E-state index in [1.54, 1.807) is 0 Å². The summed E-state index contributed by atoms with van der Waals surface area (Å²) in [5.74, 6) is 5.10. The van der Waals surface area contributed by atoms with Gasteiger partial charge < -0.3 is 35.2 Å². The number of anilines is 1. The second-order valence-corrected chi connectivity index (χ2v) is 10.5. The Labute approximate surface area is 177 Å². The van der Waals surface area contributed by atoms with E-state index in [4.69, 9.17) is 26.2 Å². The smallest absolute Gasteiger partial charge is 0.390 e. The number of nitrogen functional groups attached to an aromatic ring is 1. The van der Waals surface area contributed by atoms with Gasteiger partial charge in [-0.25, -0.2) is 34.5 Å². The van der Waals surface area contributed by atoms with Crippen LogP contribution in [0.3, 0.4) is 0 Å². The molecule has 0 radical (unpaired) electrons. The molecular weight excluding hydrogens is 505 g/mol. The first-order chi connectivity index (χ1) is 14.7. The van der Waals surface area contributed by atoms with E-state index in [-0.39, 0.29) is 23.4 Å². The molecule has 0 amide bonds. The van der Waals surface area contributed by atoms with Crippen LogP contribution in [0.1, 0.15) is 12.6 Å². The Morgan fingerprint density at radius 1 is 1.12 bits per heavy atom. The second kappa shape index (κ2) is 9.09. The van der Waals surface area contributed by atoms with E-state index >= 15 is 0 Å². The molecular formula is C10H17N6O13P3. The molecule has 3 rings (SSSR count). The predicted molar refractivity (Wildman–Crippen MR) is 98.3 cm³/mol. The molecule has 180 valence electrons. The highest BCUT2D eigenvalue weighted by Crippen LogP contribution is 2.66. The molecule has 0 saturated carbocycles. The zero-order chi connectivity index (χ0) is 23.9. The third-order valence-corrected chi connectivity index (χ3v) is 7.69. The molecule has 0 aliphatic carbocycles. The SMILES string of the molecule is NOC(OP(=O)(O)OP(=O)(O)OP(=O)(O)O)[C@H]1O[C@@H](n2cnc3c(N)ncnc32)C[C@@H]1O. The van der Waals surface area contributed by atoms with E-state index in [2.05, 4.69) is 32.9 Å². The molecule has 3 heterocycles. The normalized spacial score (nSPS) is 26.6. The van der Waals surface area contributed by atoms with Crippen molar-refractivity contribution in [2.75, 3.05) is 5.73 Å². The molecule has 2 aromatic rings. The number of aromatic nitrogens is 4. The maximum absolute atomic E-state index is 12.0. The van der Waals surface area contributed by atoms with Crippen molar-refractivity contribution in [2.24, 2.45) is 5.90 Å². The summed E-state index contributed by atoms with van der Waals surface area (Å²) in [6.45, 7) is 0. The average Bonchev–Trinajstić information content (AvgIpc) is 3.21. The van der Waals surface area contributed by atoms with E-state index in [0.717, 1.165) is 0 Å². The number of phosphoric acid groups is 3. The molecule has 1 fully saturated rings. The Morgan fingerprint density at radius 3 is 2.44 bits per heavy atom. The summed E-state index contributed by atoms with van der Waals surface area (Å²) in [5, 5.41) is 10.3. The molecule has 22 heteroatoms. The molecule has 32 heavy (non-hydrogen) atoms. The summed E-state index contributed by atoms with van der Waals surface area (Å²) in [7, 11) is -17.0. The maximum atomic E-state index is 12.0. The van der Waals surface area contributed by atoms with Crippen molar-refractivity contribution in [2.45, 2.75) is 31.1 Å². The first kappa shape index (κ1) is 25.2. The molecule has 1 aliphatic heterocycles. The van der Waals surface area contributed by atoms with Crippen LogP contribution in [0.4, 0.5) is 5.82 Å². The molecule has 6 atom stereocenters. The Kier molecular flexibility index (Phi) is 7.17. The van der Waals surface area contributed by atoms with Crippen LogP contribution in [0.25, 0.3) is 11.2 Å². The predicted octanol–water partition coefficient (Wildman–Crippen LogP) is -1.38. The Hall–Kier alpha value is -1.40. The highest BCUT2D eigenvalue weighted by molar-refractivity contribution is 7.66. The number of ether oxygens (including phenoxy) is 1. The standard InChI is InChI=1S/C10H17N6O13P3/c11-8-6-9(14-2-13-8)16(3-15-6)5-1-4(17)7(25-5)10(26-12)27-31(21,22)29-32(23,24)28-30(18,19)20/h2-5,7,10,17H,1,12H2,(H,21,22)(H,23,24)(H2,11,13,14)(H2,18,19,20)/t4-,5+,7-,10?/m0/s1. The van der Waals surface area contributed by atoms with Gasteiger partial charge in [0.25, 0.3) is 0 Å². The molecule has 1 saturated heterocycles. The zero-order valence-corrected chi connectivity index (χ0v) is 18.1. The highest BCUT2D eigenvalue weighted by atomic mass is 31.3. The summed E-state index contributed by atoms with van der Waals surface area (Å²) in [5.41, 5.74) is 6.19. The minimum absolute atomic E-state index is 0.0830. The lowest BCUT2D eigenvalue weighted by atomic mass is 10.2. The number of phosphoric ester groups is 1. The molecule has 19 nitrogen and oxygen atoms in total. The maximum Gasteiger partial charge on any atom is 0.490 e. The number of nitrogens with two attached hydrogens (primary N) is 2. The monoisotopic (exact) mass is 522 g/mol. The average molecular weight is 522 g/mol. The van der Waals surface area contributed by atoms with Crippen molar-refractivity contribution in [1.82, 2.24) is 19.5 Å². The van der Waals surface area contributed by atoms with Crippen LogP contribution in [0.2, 0.25) is 0 Å². The number of hydrogen-bond donors (Lipinski definition) is 7. The molecule has 2 aromatic heterocycles. The van der Waals surface area contributed by atoms with Crippen molar-refractivity contribution >= 4 is 40.4 Å². The van der Waals surface area contributed by atoms with Gasteiger partial charge in [-0.05, 0) is 0 Å². The van der Waals surface area contributed by atoms with E-state index in [1.165, 1.54) is 17.2 Å². The van der Waals surface area contributed by atoms with Crippen LogP contribution in [-0.4, -0.2) is 62.7 Å². The lowest BCUT2D eigenvalue weighted by Crippen LogP contribution is -2.39. The number of aliphatic hydroxyl groups is 1. The fraction of sp³-hybridized carbons (Fsp3) is 0.500. The van der Waals surface area contributed by atoms with E-state index < -0.39 is 48.2 Å². The largest absolute Gasteiger partial charge is 0.490 e. The van der Waals surface area contributed by atoms with Crippen LogP contribution >= 0.6 is 23.5 Å². The Balaban J connectivity index is 1.74. The number of imidazole rings is 1. The minimum Gasteiger partial charge on any atom is -0.390 e. The van der Waals surface area contributed by atoms with Crippen molar-refractivity contribution in [3.05, 3.63) is 12.7 Å². The van der Waals surface area contributed by atoms with Gasteiger partial charge in [0, 0.05) is 6.42 Å². The van der Waals surface area contributed by atoms with E-state index in [1.807, 2.05) is 0 Å². The van der Waals surface area contributed by atoms with E-state index in [9.17, 15) is 28.6 Å². The summed E-state index contributed by atoms with van der Waals surface area (Å²) >= 11 is 0. The molecule has 1 aliphatic rings. The number of hydrogen-bond acceptors (Lipinski definition) is 14. The fourth-order valence-electron chi connectivity index (χ4n) is 2.77. The van der Waals surface area contributed by atoms with Gasteiger partial charge in [0.15, 0.2) is 11.5 Å². The van der Waals surface area contributed by atoms with Gasteiger partial charge in [-0.15, -0.1) is 0 Å². The van der Waals surface area contributed by atoms with Gasteiger partial charge in [-0.2, -0.15) is 8.62 Å².